The first kappa shape index (κ1) is 23.2. The molecular weight excluding hydrogens is 416 g/mol. The molecule has 1 saturated heterocycles. The van der Waals surface area contributed by atoms with Gasteiger partial charge in [0, 0.05) is 38.3 Å². The molecule has 1 aliphatic heterocycles. The van der Waals surface area contributed by atoms with Crippen LogP contribution in [0.3, 0.4) is 0 Å². The van der Waals surface area contributed by atoms with E-state index in [-0.39, 0.29) is 17.7 Å². The fourth-order valence-corrected chi connectivity index (χ4v) is 4.28. The minimum absolute atomic E-state index is 0.110. The quantitative estimate of drug-likeness (QED) is 0.482. The van der Waals surface area contributed by atoms with Gasteiger partial charge in [-0.1, -0.05) is 30.3 Å². The van der Waals surface area contributed by atoms with Gasteiger partial charge in [0.15, 0.2) is 0 Å². The normalized spacial score (nSPS) is 15.1. The maximum Gasteiger partial charge on any atom is 0.251 e. The standard InChI is InChI=1S/C27H32N2O4/c1-32-13-14-33-19-21-6-8-22-7-5-20(15-24(22)16-21)18-29-11-9-25(10-12-29)28-27(31)23-3-2-4-26(30)17-23/h2-8,15-17,25,30H,9-14,18-19H2,1H3,(H,28,31). The Bertz CT molecular complexity index is 1080. The van der Waals surface area contributed by atoms with Gasteiger partial charge < -0.3 is 19.9 Å². The van der Waals surface area contributed by atoms with Crippen molar-refractivity contribution >= 4 is 16.7 Å². The Hall–Kier alpha value is -2.93. The van der Waals surface area contributed by atoms with Gasteiger partial charge in [-0.2, -0.15) is 0 Å². The fourth-order valence-electron chi connectivity index (χ4n) is 4.28. The van der Waals surface area contributed by atoms with Crippen molar-refractivity contribution in [2.45, 2.75) is 32.0 Å². The van der Waals surface area contributed by atoms with Crippen molar-refractivity contribution in [3.63, 3.8) is 0 Å². The number of hydrogen-bond acceptors (Lipinski definition) is 5. The highest BCUT2D eigenvalue weighted by molar-refractivity contribution is 5.94. The highest BCUT2D eigenvalue weighted by atomic mass is 16.5. The molecule has 0 aromatic heterocycles. The lowest BCUT2D eigenvalue weighted by atomic mass is 10.0. The summed E-state index contributed by atoms with van der Waals surface area (Å²) in [6.45, 7) is 4.57. The molecule has 6 nitrogen and oxygen atoms in total. The second kappa shape index (κ2) is 11.3. The van der Waals surface area contributed by atoms with E-state index in [2.05, 4.69) is 46.6 Å². The van der Waals surface area contributed by atoms with Crippen molar-refractivity contribution in [3.8, 4) is 5.75 Å². The zero-order valence-corrected chi connectivity index (χ0v) is 19.1. The molecule has 0 saturated carbocycles. The molecule has 4 rings (SSSR count). The third-order valence-electron chi connectivity index (χ3n) is 6.11. The summed E-state index contributed by atoms with van der Waals surface area (Å²) >= 11 is 0. The van der Waals surface area contributed by atoms with Crippen LogP contribution in [0.15, 0.2) is 60.7 Å². The average molecular weight is 449 g/mol. The minimum atomic E-state index is -0.124. The molecule has 1 heterocycles. The van der Waals surface area contributed by atoms with Crippen molar-refractivity contribution in [3.05, 3.63) is 77.4 Å². The number of ether oxygens (including phenoxy) is 2. The number of piperidine rings is 1. The van der Waals surface area contributed by atoms with Gasteiger partial charge >= 0.3 is 0 Å². The van der Waals surface area contributed by atoms with E-state index in [1.807, 2.05) is 0 Å². The van der Waals surface area contributed by atoms with Crippen LogP contribution in [0, 0.1) is 0 Å². The predicted octanol–water partition coefficient (Wildman–Crippen LogP) is 4.10. The Kier molecular flexibility index (Phi) is 7.94. The predicted molar refractivity (Wildman–Crippen MR) is 129 cm³/mol. The second-order valence-corrected chi connectivity index (χ2v) is 8.64. The van der Waals surface area contributed by atoms with E-state index in [9.17, 15) is 9.90 Å². The molecule has 0 spiro atoms. The van der Waals surface area contributed by atoms with Crippen molar-refractivity contribution in [2.24, 2.45) is 0 Å². The molecular formula is C27H32N2O4. The topological polar surface area (TPSA) is 71.0 Å². The number of nitrogens with one attached hydrogen (secondary N) is 1. The molecule has 174 valence electrons. The highest BCUT2D eigenvalue weighted by Gasteiger charge is 2.21. The maximum absolute atomic E-state index is 12.4. The van der Waals surface area contributed by atoms with E-state index in [1.165, 1.54) is 28.0 Å². The molecule has 0 unspecified atom stereocenters. The average Bonchev–Trinajstić information content (AvgIpc) is 2.83. The number of aromatic hydroxyl groups is 1. The van der Waals surface area contributed by atoms with Crippen molar-refractivity contribution in [2.75, 3.05) is 33.4 Å². The molecule has 33 heavy (non-hydrogen) atoms. The molecule has 0 radical (unpaired) electrons. The van der Waals surface area contributed by atoms with Gasteiger partial charge in [-0.15, -0.1) is 0 Å². The van der Waals surface area contributed by atoms with Crippen LogP contribution < -0.4 is 5.32 Å². The van der Waals surface area contributed by atoms with E-state index in [0.29, 0.717) is 25.4 Å². The van der Waals surface area contributed by atoms with Crippen LogP contribution >= 0.6 is 0 Å². The molecule has 2 N–H and O–H groups in total. The van der Waals surface area contributed by atoms with E-state index < -0.39 is 0 Å². The maximum atomic E-state index is 12.4. The molecule has 3 aromatic carbocycles. The number of hydrogen-bond donors (Lipinski definition) is 2. The van der Waals surface area contributed by atoms with Crippen LogP contribution in [0.4, 0.5) is 0 Å². The number of carbonyl (C=O) groups excluding carboxylic acids is 1. The number of rotatable bonds is 9. The van der Waals surface area contributed by atoms with Gasteiger partial charge in [-0.3, -0.25) is 9.69 Å². The molecule has 3 aromatic rings. The van der Waals surface area contributed by atoms with Crippen LogP contribution in [-0.2, 0) is 22.6 Å². The van der Waals surface area contributed by atoms with Gasteiger partial charge in [0.2, 0.25) is 0 Å². The van der Waals surface area contributed by atoms with Gasteiger partial charge in [-0.05, 0) is 65.1 Å². The third-order valence-corrected chi connectivity index (χ3v) is 6.11. The van der Waals surface area contributed by atoms with Crippen molar-refractivity contribution in [1.82, 2.24) is 10.2 Å². The lowest BCUT2D eigenvalue weighted by Gasteiger charge is -2.32. The van der Waals surface area contributed by atoms with Gasteiger partial charge in [-0.25, -0.2) is 0 Å². The summed E-state index contributed by atoms with van der Waals surface area (Å²) in [4.78, 5) is 14.9. The van der Waals surface area contributed by atoms with E-state index >= 15 is 0 Å². The summed E-state index contributed by atoms with van der Waals surface area (Å²) in [5, 5.41) is 15.1. The Morgan fingerprint density at radius 3 is 2.52 bits per heavy atom. The number of nitrogens with zero attached hydrogens (tertiary/aromatic N) is 1. The number of phenolic OH excluding ortho intramolecular Hbond substituents is 1. The van der Waals surface area contributed by atoms with Crippen LogP contribution in [0.2, 0.25) is 0 Å². The first-order valence-electron chi connectivity index (χ1n) is 11.5. The van der Waals surface area contributed by atoms with Gasteiger partial charge in [0.1, 0.15) is 5.75 Å². The SMILES string of the molecule is COCCOCc1ccc2ccc(CN3CCC(NC(=O)c4cccc(O)c4)CC3)cc2c1. The summed E-state index contributed by atoms with van der Waals surface area (Å²) in [5.41, 5.74) is 2.96. The molecule has 0 bridgehead atoms. The van der Waals surface area contributed by atoms with E-state index in [1.54, 1.807) is 25.3 Å². The first-order chi connectivity index (χ1) is 16.1. The lowest BCUT2D eigenvalue weighted by molar-refractivity contribution is 0.0617. The van der Waals surface area contributed by atoms with Gasteiger partial charge in [0.25, 0.3) is 5.91 Å². The van der Waals surface area contributed by atoms with Crippen molar-refractivity contribution < 1.29 is 19.4 Å². The van der Waals surface area contributed by atoms with Crippen LogP contribution in [0.25, 0.3) is 10.8 Å². The number of benzene rings is 3. The molecule has 0 aliphatic carbocycles. The summed E-state index contributed by atoms with van der Waals surface area (Å²) in [7, 11) is 1.68. The monoisotopic (exact) mass is 448 g/mol. The van der Waals surface area contributed by atoms with Crippen LogP contribution in [-0.4, -0.2) is 55.4 Å². The van der Waals surface area contributed by atoms with Crippen LogP contribution in [0.5, 0.6) is 5.75 Å². The zero-order chi connectivity index (χ0) is 23.0. The number of carbonyl (C=O) groups is 1. The third kappa shape index (κ3) is 6.54. The molecule has 1 amide bonds. The first-order valence-corrected chi connectivity index (χ1v) is 11.5. The number of phenols is 1. The Labute approximate surface area is 195 Å². The summed E-state index contributed by atoms with van der Waals surface area (Å²) in [5.74, 6) is -0.0144. The number of fused-ring (bicyclic) bond motifs is 1. The van der Waals surface area contributed by atoms with E-state index in [4.69, 9.17) is 9.47 Å². The fraction of sp³-hybridized carbons (Fsp3) is 0.370. The Balaban J connectivity index is 1.29. The number of methoxy groups -OCH3 is 1. The highest BCUT2D eigenvalue weighted by Crippen LogP contribution is 2.21. The lowest BCUT2D eigenvalue weighted by Crippen LogP contribution is -2.44. The molecule has 1 fully saturated rings. The Morgan fingerprint density at radius 1 is 1.00 bits per heavy atom. The van der Waals surface area contributed by atoms with Gasteiger partial charge in [0.05, 0.1) is 19.8 Å². The largest absolute Gasteiger partial charge is 0.508 e. The summed E-state index contributed by atoms with van der Waals surface area (Å²) in [6.07, 6.45) is 1.84. The molecule has 6 heteroatoms. The second-order valence-electron chi connectivity index (χ2n) is 8.64. The molecule has 1 aliphatic rings. The van der Waals surface area contributed by atoms with E-state index in [0.717, 1.165) is 32.5 Å². The zero-order valence-electron chi connectivity index (χ0n) is 19.1. The van der Waals surface area contributed by atoms with Crippen LogP contribution in [0.1, 0.15) is 34.3 Å². The summed E-state index contributed by atoms with van der Waals surface area (Å²) < 4.78 is 10.7. The smallest absolute Gasteiger partial charge is 0.251 e. The molecule has 0 atom stereocenters. The minimum Gasteiger partial charge on any atom is -0.508 e. The number of likely N-dealkylation sites (tertiary alicyclic amines) is 1. The number of amides is 1. The van der Waals surface area contributed by atoms with Crippen molar-refractivity contribution in [1.29, 1.82) is 0 Å². The summed E-state index contributed by atoms with van der Waals surface area (Å²) in [6, 6.07) is 19.8. The Morgan fingerprint density at radius 2 is 1.76 bits per heavy atom.